The third-order valence-electron chi connectivity index (χ3n) is 4.88. The minimum absolute atomic E-state index is 0.0537. The molecule has 0 bridgehead atoms. The van der Waals surface area contributed by atoms with Crippen LogP contribution in [0.25, 0.3) is 10.2 Å². The summed E-state index contributed by atoms with van der Waals surface area (Å²) in [6.45, 7) is 0.263. The lowest BCUT2D eigenvalue weighted by molar-refractivity contribution is -0.138. The van der Waals surface area contributed by atoms with Crippen LogP contribution < -0.4 is 10.6 Å². The zero-order chi connectivity index (χ0) is 21.9. The van der Waals surface area contributed by atoms with Gasteiger partial charge >= 0.3 is 6.18 Å². The maximum Gasteiger partial charge on any atom is 0.416 e. The average molecular weight is 442 g/mol. The van der Waals surface area contributed by atoms with Crippen LogP contribution in [0.5, 0.6) is 0 Å². The molecule has 2 heterocycles. The third kappa shape index (κ3) is 5.07. The van der Waals surface area contributed by atoms with E-state index in [0.717, 1.165) is 18.6 Å². The number of aryl methyl sites for hydroxylation is 1. The predicted molar refractivity (Wildman–Crippen MR) is 105 cm³/mol. The van der Waals surface area contributed by atoms with Gasteiger partial charge in [0.1, 0.15) is 6.04 Å². The number of aromatic nitrogens is 1. The van der Waals surface area contributed by atoms with E-state index in [-0.39, 0.29) is 42.6 Å². The highest BCUT2D eigenvalue weighted by atomic mass is 32.1. The molecule has 1 atom stereocenters. The molecule has 7 nitrogen and oxygen atoms in total. The fourth-order valence-electron chi connectivity index (χ4n) is 3.35. The number of likely N-dealkylation sites (N-methyl/N-ethyl adjacent to an activating group) is 1. The smallest absolute Gasteiger partial charge is 0.357 e. The Morgan fingerprint density at radius 3 is 2.77 bits per heavy atom. The highest BCUT2D eigenvalue weighted by Gasteiger charge is 2.33. The van der Waals surface area contributed by atoms with E-state index >= 15 is 0 Å². The van der Waals surface area contributed by atoms with Gasteiger partial charge in [-0.15, -0.1) is 11.3 Å². The SMILES string of the molecule is CNC(=O)C1CCCN1C(=O)CNC(=O)CCc1nc2cc(C(F)(F)F)ccc2s1. The van der Waals surface area contributed by atoms with Crippen LogP contribution in [0.15, 0.2) is 18.2 Å². The van der Waals surface area contributed by atoms with E-state index in [0.29, 0.717) is 22.7 Å². The zero-order valence-corrected chi connectivity index (χ0v) is 17.0. The van der Waals surface area contributed by atoms with Crippen molar-refractivity contribution in [2.45, 2.75) is 37.9 Å². The van der Waals surface area contributed by atoms with Crippen LogP contribution in [0.2, 0.25) is 0 Å². The van der Waals surface area contributed by atoms with Gasteiger partial charge < -0.3 is 15.5 Å². The zero-order valence-electron chi connectivity index (χ0n) is 16.2. The van der Waals surface area contributed by atoms with Crippen LogP contribution in [0.3, 0.4) is 0 Å². The summed E-state index contributed by atoms with van der Waals surface area (Å²) in [5.41, 5.74) is -0.519. The molecule has 0 radical (unpaired) electrons. The van der Waals surface area contributed by atoms with Gasteiger partial charge in [-0.1, -0.05) is 0 Å². The molecular formula is C19H21F3N4O3S. The van der Waals surface area contributed by atoms with Crippen LogP contribution in [-0.4, -0.2) is 53.8 Å². The summed E-state index contributed by atoms with van der Waals surface area (Å²) in [6.07, 6.45) is -2.81. The maximum atomic E-state index is 12.8. The number of nitrogens with one attached hydrogen (secondary N) is 2. The predicted octanol–water partition coefficient (Wildman–Crippen LogP) is 2.10. The van der Waals surface area contributed by atoms with Crippen molar-refractivity contribution in [3.63, 3.8) is 0 Å². The number of amides is 3. The summed E-state index contributed by atoms with van der Waals surface area (Å²) in [6, 6.07) is 2.86. The van der Waals surface area contributed by atoms with Crippen molar-refractivity contribution < 1.29 is 27.6 Å². The van der Waals surface area contributed by atoms with Gasteiger partial charge in [0.2, 0.25) is 17.7 Å². The molecule has 3 rings (SSSR count). The lowest BCUT2D eigenvalue weighted by atomic mass is 10.2. The molecule has 30 heavy (non-hydrogen) atoms. The molecule has 2 N–H and O–H groups in total. The Kier molecular flexibility index (Phi) is 6.59. The Labute approximate surface area is 174 Å². The molecule has 162 valence electrons. The van der Waals surface area contributed by atoms with E-state index in [1.54, 1.807) is 0 Å². The summed E-state index contributed by atoms with van der Waals surface area (Å²) >= 11 is 1.23. The Morgan fingerprint density at radius 1 is 1.30 bits per heavy atom. The summed E-state index contributed by atoms with van der Waals surface area (Å²) in [4.78, 5) is 41.8. The van der Waals surface area contributed by atoms with Crippen molar-refractivity contribution in [1.82, 2.24) is 20.5 Å². The highest BCUT2D eigenvalue weighted by molar-refractivity contribution is 7.18. The lowest BCUT2D eigenvalue weighted by Crippen LogP contribution is -2.48. The van der Waals surface area contributed by atoms with Gasteiger partial charge in [-0.2, -0.15) is 13.2 Å². The van der Waals surface area contributed by atoms with E-state index < -0.39 is 17.8 Å². The van der Waals surface area contributed by atoms with Crippen molar-refractivity contribution in [3.8, 4) is 0 Å². The van der Waals surface area contributed by atoms with E-state index in [4.69, 9.17) is 0 Å². The van der Waals surface area contributed by atoms with Crippen LogP contribution in [0.1, 0.15) is 29.8 Å². The Bertz CT molecular complexity index is 960. The number of carbonyl (C=O) groups excluding carboxylic acids is 3. The second-order valence-corrected chi connectivity index (χ2v) is 8.04. The first-order chi connectivity index (χ1) is 14.2. The van der Waals surface area contributed by atoms with Crippen molar-refractivity contribution in [2.75, 3.05) is 20.1 Å². The van der Waals surface area contributed by atoms with Gasteiger partial charge in [-0.25, -0.2) is 4.98 Å². The second kappa shape index (κ2) is 8.99. The van der Waals surface area contributed by atoms with Crippen molar-refractivity contribution in [1.29, 1.82) is 0 Å². The van der Waals surface area contributed by atoms with E-state index in [1.165, 1.54) is 29.4 Å². The summed E-state index contributed by atoms with van der Waals surface area (Å²) < 4.78 is 39.0. The van der Waals surface area contributed by atoms with Crippen LogP contribution in [-0.2, 0) is 27.0 Å². The number of likely N-dealkylation sites (tertiary alicyclic amines) is 1. The lowest BCUT2D eigenvalue weighted by Gasteiger charge is -2.23. The summed E-state index contributed by atoms with van der Waals surface area (Å²) in [5.74, 6) is -0.917. The summed E-state index contributed by atoms with van der Waals surface area (Å²) in [7, 11) is 1.51. The second-order valence-electron chi connectivity index (χ2n) is 6.92. The number of thiazole rings is 1. The third-order valence-corrected chi connectivity index (χ3v) is 5.98. The van der Waals surface area contributed by atoms with Gasteiger partial charge in [-0.05, 0) is 31.0 Å². The maximum absolute atomic E-state index is 12.8. The molecule has 0 aliphatic carbocycles. The van der Waals surface area contributed by atoms with Gasteiger partial charge in [0.05, 0.1) is 27.3 Å². The normalized spacial score (nSPS) is 16.7. The molecule has 0 spiro atoms. The molecule has 1 unspecified atom stereocenters. The first kappa shape index (κ1) is 22.0. The average Bonchev–Trinajstić information content (AvgIpc) is 3.35. The molecule has 0 saturated carbocycles. The molecule has 1 aromatic heterocycles. The quantitative estimate of drug-likeness (QED) is 0.717. The number of alkyl halides is 3. The van der Waals surface area contributed by atoms with E-state index in [9.17, 15) is 27.6 Å². The molecular weight excluding hydrogens is 421 g/mol. The van der Waals surface area contributed by atoms with E-state index in [1.807, 2.05) is 0 Å². The fraction of sp³-hybridized carbons (Fsp3) is 0.474. The first-order valence-electron chi connectivity index (χ1n) is 9.43. The standard InChI is InChI=1S/C19H21F3N4O3S/c1-23-18(29)13-3-2-8-26(13)17(28)10-24-15(27)6-7-16-25-12-9-11(19(20,21)22)4-5-14(12)30-16/h4-5,9,13H,2-3,6-8,10H2,1H3,(H,23,29)(H,24,27). The minimum Gasteiger partial charge on any atom is -0.357 e. The van der Waals surface area contributed by atoms with E-state index in [2.05, 4.69) is 15.6 Å². The molecule has 1 fully saturated rings. The molecule has 1 aromatic carbocycles. The van der Waals surface area contributed by atoms with Gasteiger partial charge in [-0.3, -0.25) is 14.4 Å². The number of nitrogens with zero attached hydrogens (tertiary/aromatic N) is 2. The van der Waals surface area contributed by atoms with Gasteiger partial charge in [0.15, 0.2) is 0 Å². The minimum atomic E-state index is -4.43. The Balaban J connectivity index is 1.51. The largest absolute Gasteiger partial charge is 0.416 e. The van der Waals surface area contributed by atoms with Gasteiger partial charge in [0, 0.05) is 26.4 Å². The molecule has 1 aliphatic rings. The fourth-order valence-corrected chi connectivity index (χ4v) is 4.29. The van der Waals surface area contributed by atoms with Crippen molar-refractivity contribution in [2.24, 2.45) is 0 Å². The number of benzene rings is 1. The molecule has 1 aliphatic heterocycles. The first-order valence-corrected chi connectivity index (χ1v) is 10.2. The number of fused-ring (bicyclic) bond motifs is 1. The Morgan fingerprint density at radius 2 is 2.07 bits per heavy atom. The van der Waals surface area contributed by atoms with Gasteiger partial charge in [0.25, 0.3) is 0 Å². The molecule has 3 amide bonds. The molecule has 1 saturated heterocycles. The molecule has 2 aromatic rings. The number of rotatable bonds is 6. The number of hydrogen-bond acceptors (Lipinski definition) is 5. The summed E-state index contributed by atoms with van der Waals surface area (Å²) in [5, 5.41) is 5.61. The highest BCUT2D eigenvalue weighted by Crippen LogP contribution is 2.33. The van der Waals surface area contributed by atoms with Crippen molar-refractivity contribution >= 4 is 39.3 Å². The Hall–Kier alpha value is -2.69. The van der Waals surface area contributed by atoms with Crippen LogP contribution in [0.4, 0.5) is 13.2 Å². The van der Waals surface area contributed by atoms with Crippen LogP contribution in [0, 0.1) is 0 Å². The number of hydrogen-bond donors (Lipinski definition) is 2. The number of halogens is 3. The molecule has 11 heteroatoms. The number of carbonyl (C=O) groups is 3. The van der Waals surface area contributed by atoms with Crippen molar-refractivity contribution in [3.05, 3.63) is 28.8 Å². The van der Waals surface area contributed by atoms with Crippen LogP contribution >= 0.6 is 11.3 Å². The monoisotopic (exact) mass is 442 g/mol. The topological polar surface area (TPSA) is 91.4 Å².